The number of nitrogens with zero attached hydrogens (tertiary/aromatic N) is 5. The van der Waals surface area contributed by atoms with Crippen molar-refractivity contribution in [3.05, 3.63) is 54.0 Å². The topological polar surface area (TPSA) is 267 Å². The maximum atomic E-state index is 14.1. The molecular weight excluding hydrogens is 773 g/mol. The minimum Gasteiger partial charge on any atom is -0.464 e. The van der Waals surface area contributed by atoms with Gasteiger partial charge < -0.3 is 30.2 Å². The third-order valence-corrected chi connectivity index (χ3v) is 12.9. The van der Waals surface area contributed by atoms with E-state index in [2.05, 4.69) is 15.2 Å². The van der Waals surface area contributed by atoms with Gasteiger partial charge in [-0.3, -0.25) is 13.8 Å². The number of nitrogens with two attached hydrogens (primary N) is 1. The highest BCUT2D eigenvalue weighted by Crippen LogP contribution is 2.47. The summed E-state index contributed by atoms with van der Waals surface area (Å²) in [6, 6.07) is 8.60. The van der Waals surface area contributed by atoms with E-state index in [1.165, 1.54) is 52.1 Å². The first-order valence-corrected chi connectivity index (χ1v) is 21.2. The van der Waals surface area contributed by atoms with Gasteiger partial charge in [0.15, 0.2) is 5.82 Å². The Morgan fingerprint density at radius 2 is 1.75 bits per heavy atom. The van der Waals surface area contributed by atoms with Gasteiger partial charge in [-0.05, 0) is 62.1 Å². The zero-order chi connectivity index (χ0) is 41.3. The van der Waals surface area contributed by atoms with Gasteiger partial charge in [0.2, 0.25) is 22.4 Å². The molecule has 0 saturated carbocycles. The lowest BCUT2D eigenvalue weighted by Crippen LogP contribution is -2.41. The number of rotatable bonds is 21. The van der Waals surface area contributed by atoms with Crippen LogP contribution >= 0.6 is 7.75 Å². The number of aliphatic hydroxyl groups excluding tert-OH is 2. The maximum absolute atomic E-state index is 14.1. The highest BCUT2D eigenvalue weighted by Gasteiger charge is 2.58. The van der Waals surface area contributed by atoms with Gasteiger partial charge in [0, 0.05) is 13.1 Å². The smallest absolute Gasteiger partial charge is 0.409 e. The minimum atomic E-state index is -4.66. The number of benzene rings is 1. The van der Waals surface area contributed by atoms with E-state index in [4.69, 9.17) is 29.0 Å². The molecule has 0 spiro atoms. The van der Waals surface area contributed by atoms with E-state index in [1.54, 1.807) is 0 Å². The van der Waals surface area contributed by atoms with Gasteiger partial charge in [-0.1, -0.05) is 40.5 Å². The van der Waals surface area contributed by atoms with Crippen molar-refractivity contribution in [3.63, 3.8) is 0 Å². The monoisotopic (exact) mass is 823 g/mol. The molecule has 0 bridgehead atoms. The third-order valence-electron chi connectivity index (χ3n) is 9.30. The molecule has 4 rings (SSSR count). The third kappa shape index (κ3) is 9.91. The summed E-state index contributed by atoms with van der Waals surface area (Å²) in [4.78, 5) is 29.7. The number of ether oxygens (including phenoxy) is 3. The van der Waals surface area contributed by atoms with E-state index in [0.29, 0.717) is 31.4 Å². The number of hydrogen-bond acceptors (Lipinski definition) is 16. The number of carbonyl (C=O) groups excluding carboxylic acids is 2. The Morgan fingerprint density at radius 1 is 1.09 bits per heavy atom. The normalized spacial score (nSPS) is 21.5. The fraction of sp³-hybridized carbons (Fsp3) is 0.571. The number of anilines is 1. The number of carbonyl (C=O) groups is 2. The number of aliphatic hydroxyl groups is 2. The zero-order valence-corrected chi connectivity index (χ0v) is 33.6. The van der Waals surface area contributed by atoms with E-state index in [9.17, 15) is 38.0 Å². The first-order valence-electron chi connectivity index (χ1n) is 18.3. The molecule has 1 saturated heterocycles. The molecular formula is C35H50N7O12PS. The first-order chi connectivity index (χ1) is 26.6. The van der Waals surface area contributed by atoms with Gasteiger partial charge in [-0.25, -0.2) is 32.4 Å². The molecule has 1 aromatic carbocycles. The van der Waals surface area contributed by atoms with Crippen molar-refractivity contribution in [2.45, 2.75) is 95.2 Å². The second-order valence-corrected chi connectivity index (χ2v) is 16.9. The SMILES string of the molecule is CCCN(CCC)S(=O)(=O)c1ccc(C(=O)OCOP(=O)(N[C@@H](C)C(=O)OCC(CC)CC)OC[C@H]2O[C@@](C#N)(c3ccc4c(N)ncnn34)[C@H](O)[C@@H]2O)cc1. The minimum absolute atomic E-state index is 0.0104. The largest absolute Gasteiger partial charge is 0.464 e. The van der Waals surface area contributed by atoms with Crippen molar-refractivity contribution in [2.75, 3.05) is 38.8 Å². The molecule has 1 aliphatic heterocycles. The molecule has 1 aliphatic rings. The number of sulfonamides is 1. The van der Waals surface area contributed by atoms with E-state index in [0.717, 1.165) is 19.2 Å². The van der Waals surface area contributed by atoms with E-state index >= 15 is 0 Å². The van der Waals surface area contributed by atoms with Crippen molar-refractivity contribution >= 4 is 41.0 Å². The van der Waals surface area contributed by atoms with Gasteiger partial charge in [0.25, 0.3) is 0 Å². The summed E-state index contributed by atoms with van der Waals surface area (Å²) < 4.78 is 70.4. The van der Waals surface area contributed by atoms with E-state index < -0.39 is 73.1 Å². The summed E-state index contributed by atoms with van der Waals surface area (Å²) in [5, 5.41) is 38.9. The van der Waals surface area contributed by atoms with Crippen LogP contribution in [0, 0.1) is 17.2 Å². The average Bonchev–Trinajstić information content (AvgIpc) is 3.73. The molecule has 5 N–H and O–H groups in total. The maximum Gasteiger partial charge on any atom is 0.409 e. The highest BCUT2D eigenvalue weighted by atomic mass is 32.2. The van der Waals surface area contributed by atoms with Crippen LogP contribution in [0.1, 0.15) is 76.4 Å². The number of nitrogens with one attached hydrogen (secondary N) is 1. The predicted molar refractivity (Wildman–Crippen MR) is 200 cm³/mol. The van der Waals surface area contributed by atoms with Crippen molar-refractivity contribution in [1.29, 1.82) is 5.26 Å². The number of hydrogen-bond donors (Lipinski definition) is 4. The lowest BCUT2D eigenvalue weighted by atomic mass is 9.92. The van der Waals surface area contributed by atoms with Crippen molar-refractivity contribution in [3.8, 4) is 6.07 Å². The molecule has 3 heterocycles. The Morgan fingerprint density at radius 3 is 2.36 bits per heavy atom. The fourth-order valence-electron chi connectivity index (χ4n) is 5.97. The molecule has 19 nitrogen and oxygen atoms in total. The van der Waals surface area contributed by atoms with Crippen LogP contribution in [0.3, 0.4) is 0 Å². The first kappa shape index (κ1) is 44.7. The zero-order valence-electron chi connectivity index (χ0n) is 31.9. The van der Waals surface area contributed by atoms with Crippen molar-refractivity contribution in [1.82, 2.24) is 24.0 Å². The number of nitriles is 1. The van der Waals surface area contributed by atoms with Gasteiger partial charge in [-0.2, -0.15) is 14.7 Å². The van der Waals surface area contributed by atoms with Crippen LogP contribution < -0.4 is 10.8 Å². The fourth-order valence-corrected chi connectivity index (χ4v) is 8.93. The Hall–Kier alpha value is -4.03. The Bertz CT molecular complexity index is 2000. The van der Waals surface area contributed by atoms with Crippen molar-refractivity contribution < 1.29 is 56.0 Å². The van der Waals surface area contributed by atoms with E-state index in [1.807, 2.05) is 33.8 Å². The second-order valence-electron chi connectivity index (χ2n) is 13.2. The lowest BCUT2D eigenvalue weighted by molar-refractivity contribution is -0.146. The summed E-state index contributed by atoms with van der Waals surface area (Å²) in [5.74, 6) is -1.57. The van der Waals surface area contributed by atoms with Crippen LogP contribution in [0.4, 0.5) is 5.82 Å². The Labute approximate surface area is 325 Å². The molecule has 6 atom stereocenters. The van der Waals surface area contributed by atoms with Crippen LogP contribution in [0.15, 0.2) is 47.6 Å². The van der Waals surface area contributed by atoms with Crippen LogP contribution in [-0.2, 0) is 48.2 Å². The van der Waals surface area contributed by atoms with Crippen molar-refractivity contribution in [2.24, 2.45) is 5.92 Å². The number of fused-ring (bicyclic) bond motifs is 1. The quantitative estimate of drug-likeness (QED) is 0.0683. The van der Waals surface area contributed by atoms with Gasteiger partial charge in [0.1, 0.15) is 42.3 Å². The molecule has 56 heavy (non-hydrogen) atoms. The van der Waals surface area contributed by atoms with Gasteiger partial charge >= 0.3 is 19.7 Å². The number of nitrogen functional groups attached to an aromatic ring is 1. The number of aromatic nitrogens is 3. The van der Waals surface area contributed by atoms with Gasteiger partial charge in [0.05, 0.1) is 29.4 Å². The molecule has 3 aromatic rings. The lowest BCUT2D eigenvalue weighted by Gasteiger charge is -2.25. The molecule has 1 unspecified atom stereocenters. The van der Waals surface area contributed by atoms with Crippen LogP contribution in [0.2, 0.25) is 0 Å². The molecule has 21 heteroatoms. The summed E-state index contributed by atoms with van der Waals surface area (Å²) in [5.41, 5.74) is 4.00. The summed E-state index contributed by atoms with van der Waals surface area (Å²) >= 11 is 0. The molecule has 0 radical (unpaired) electrons. The standard InChI is InChI=1S/C35H50N7O12PS/c1-6-16-41(17-7-2)56(48,49)26-12-10-25(11-13-26)34(46)51-22-53-55(47,40-23(5)33(45)50-18-24(8-3)9-4)52-19-28-30(43)31(44)35(20-36,54-28)29-15-14-27-32(37)38-21-39-42(27)29/h10-15,21,23-24,28,30-31,43-44H,6-9,16-19,22H2,1-5H3,(H,40,47)(H2,37,38,39)/t23-,28+,30+,31+,35-,55?/m0/s1. The van der Waals surface area contributed by atoms with E-state index in [-0.39, 0.29) is 34.5 Å². The number of esters is 2. The Balaban J connectivity index is 1.49. The molecule has 0 aliphatic carbocycles. The summed E-state index contributed by atoms with van der Waals surface area (Å²) in [6.07, 6.45) is -1.22. The van der Waals surface area contributed by atoms with Crippen LogP contribution in [0.25, 0.3) is 5.52 Å². The molecule has 308 valence electrons. The molecule has 1 fully saturated rings. The van der Waals surface area contributed by atoms with Gasteiger partial charge in [-0.15, -0.1) is 0 Å². The molecule has 0 amide bonds. The second kappa shape index (κ2) is 19.4. The Kier molecular flexibility index (Phi) is 15.5. The highest BCUT2D eigenvalue weighted by molar-refractivity contribution is 7.89. The van der Waals surface area contributed by atoms with Crippen LogP contribution in [0.5, 0.6) is 0 Å². The predicted octanol–water partition coefficient (Wildman–Crippen LogP) is 2.87. The average molecular weight is 824 g/mol. The molecule has 2 aromatic heterocycles. The summed E-state index contributed by atoms with van der Waals surface area (Å²) in [6.45, 7) is 8.02. The van der Waals surface area contributed by atoms with Crippen LogP contribution in [-0.4, -0.2) is 107 Å². The summed E-state index contributed by atoms with van der Waals surface area (Å²) in [7, 11) is -8.46.